The quantitative estimate of drug-likeness (QED) is 0.815. The topological polar surface area (TPSA) is 21.3 Å². The van der Waals surface area contributed by atoms with E-state index in [-0.39, 0.29) is 0 Å². The van der Waals surface area contributed by atoms with E-state index in [1.807, 2.05) is 0 Å². The normalized spacial score (nSPS) is 12.7. The molecule has 0 spiro atoms. The third-order valence-corrected chi connectivity index (χ3v) is 3.47. The molecule has 0 bridgehead atoms. The van der Waals surface area contributed by atoms with Crippen molar-refractivity contribution in [3.05, 3.63) is 48.0 Å². The molecule has 1 unspecified atom stereocenters. The number of ether oxygens (including phenoxy) is 1. The van der Waals surface area contributed by atoms with Crippen LogP contribution in [0.25, 0.3) is 10.8 Å². The second-order valence-corrected chi connectivity index (χ2v) is 4.96. The maximum atomic E-state index is 5.27. The average Bonchev–Trinajstić information content (AvgIpc) is 2.45. The summed E-state index contributed by atoms with van der Waals surface area (Å²) in [6, 6.07) is 15.5. The molecule has 0 aromatic heterocycles. The highest BCUT2D eigenvalue weighted by Gasteiger charge is 2.07. The lowest BCUT2D eigenvalue weighted by Gasteiger charge is -2.18. The van der Waals surface area contributed by atoms with E-state index in [1.165, 1.54) is 22.8 Å². The number of hydrogen-bond acceptors (Lipinski definition) is 2. The molecule has 2 aromatic carbocycles. The molecular formula is C17H23NO. The van der Waals surface area contributed by atoms with Crippen molar-refractivity contribution in [1.82, 2.24) is 5.32 Å². The standard InChI is InChI=1S/C17H23NO/c1-3-7-16(13-19-2)18-12-15-10-6-9-14-8-4-5-11-17(14)15/h4-6,8-11,16,18H,3,7,12-13H2,1-2H3. The highest BCUT2D eigenvalue weighted by Crippen LogP contribution is 2.18. The van der Waals surface area contributed by atoms with Gasteiger partial charge in [0.2, 0.25) is 0 Å². The Bertz CT molecular complexity index is 498. The zero-order valence-electron chi connectivity index (χ0n) is 11.9. The minimum atomic E-state index is 0.439. The van der Waals surface area contributed by atoms with Crippen molar-refractivity contribution in [3.63, 3.8) is 0 Å². The van der Waals surface area contributed by atoms with Gasteiger partial charge in [0.15, 0.2) is 0 Å². The van der Waals surface area contributed by atoms with Crippen LogP contribution in [0.5, 0.6) is 0 Å². The van der Waals surface area contributed by atoms with E-state index < -0.39 is 0 Å². The molecule has 0 amide bonds. The lowest BCUT2D eigenvalue weighted by Crippen LogP contribution is -2.32. The maximum absolute atomic E-state index is 5.27. The number of benzene rings is 2. The van der Waals surface area contributed by atoms with Crippen LogP contribution in [0.15, 0.2) is 42.5 Å². The van der Waals surface area contributed by atoms with E-state index in [0.717, 1.165) is 19.6 Å². The third-order valence-electron chi connectivity index (χ3n) is 3.47. The van der Waals surface area contributed by atoms with Gasteiger partial charge in [-0.2, -0.15) is 0 Å². The molecule has 19 heavy (non-hydrogen) atoms. The van der Waals surface area contributed by atoms with Crippen LogP contribution < -0.4 is 5.32 Å². The van der Waals surface area contributed by atoms with Crippen molar-refractivity contribution in [2.24, 2.45) is 0 Å². The van der Waals surface area contributed by atoms with E-state index in [2.05, 4.69) is 54.7 Å². The molecule has 0 fully saturated rings. The summed E-state index contributed by atoms with van der Waals surface area (Å²) in [5.74, 6) is 0. The minimum Gasteiger partial charge on any atom is -0.383 e. The molecule has 0 saturated heterocycles. The smallest absolute Gasteiger partial charge is 0.0615 e. The first-order valence-corrected chi connectivity index (χ1v) is 7.04. The molecular weight excluding hydrogens is 234 g/mol. The predicted molar refractivity (Wildman–Crippen MR) is 81.4 cm³/mol. The second kappa shape index (κ2) is 7.27. The monoisotopic (exact) mass is 257 g/mol. The first-order valence-electron chi connectivity index (χ1n) is 7.04. The van der Waals surface area contributed by atoms with Crippen LogP contribution in [0.1, 0.15) is 25.3 Å². The molecule has 2 heteroatoms. The second-order valence-electron chi connectivity index (χ2n) is 4.96. The van der Waals surface area contributed by atoms with Crippen LogP contribution in [0.2, 0.25) is 0 Å². The molecule has 0 radical (unpaired) electrons. The summed E-state index contributed by atoms with van der Waals surface area (Å²) >= 11 is 0. The summed E-state index contributed by atoms with van der Waals surface area (Å²) in [4.78, 5) is 0. The van der Waals surface area contributed by atoms with Crippen molar-refractivity contribution in [2.45, 2.75) is 32.4 Å². The first kappa shape index (κ1) is 14.0. The number of hydrogen-bond donors (Lipinski definition) is 1. The largest absolute Gasteiger partial charge is 0.383 e. The Labute approximate surface area is 115 Å². The number of rotatable bonds is 7. The average molecular weight is 257 g/mol. The van der Waals surface area contributed by atoms with Crippen molar-refractivity contribution in [2.75, 3.05) is 13.7 Å². The number of fused-ring (bicyclic) bond motifs is 1. The van der Waals surface area contributed by atoms with E-state index in [4.69, 9.17) is 4.74 Å². The fraction of sp³-hybridized carbons (Fsp3) is 0.412. The molecule has 1 atom stereocenters. The molecule has 2 aromatic rings. The summed E-state index contributed by atoms with van der Waals surface area (Å²) in [7, 11) is 1.77. The summed E-state index contributed by atoms with van der Waals surface area (Å²) < 4.78 is 5.27. The van der Waals surface area contributed by atoms with Crippen LogP contribution in [-0.4, -0.2) is 19.8 Å². The van der Waals surface area contributed by atoms with Crippen LogP contribution in [0, 0.1) is 0 Å². The van der Waals surface area contributed by atoms with Crippen LogP contribution in [0.3, 0.4) is 0 Å². The molecule has 102 valence electrons. The van der Waals surface area contributed by atoms with Crippen LogP contribution in [-0.2, 0) is 11.3 Å². The van der Waals surface area contributed by atoms with E-state index >= 15 is 0 Å². The Morgan fingerprint density at radius 2 is 1.89 bits per heavy atom. The van der Waals surface area contributed by atoms with E-state index in [0.29, 0.717) is 6.04 Å². The predicted octanol–water partition coefficient (Wildman–Crippen LogP) is 3.74. The van der Waals surface area contributed by atoms with Crippen LogP contribution >= 0.6 is 0 Å². The Kier molecular flexibility index (Phi) is 5.37. The zero-order chi connectivity index (χ0) is 13.5. The van der Waals surface area contributed by atoms with Gasteiger partial charge < -0.3 is 10.1 Å². The molecule has 0 saturated carbocycles. The molecule has 0 aliphatic heterocycles. The summed E-state index contributed by atoms with van der Waals surface area (Å²) in [5.41, 5.74) is 1.36. The molecule has 1 N–H and O–H groups in total. The lowest BCUT2D eigenvalue weighted by molar-refractivity contribution is 0.161. The van der Waals surface area contributed by atoms with Crippen molar-refractivity contribution in [3.8, 4) is 0 Å². The fourth-order valence-electron chi connectivity index (χ4n) is 2.49. The summed E-state index contributed by atoms with van der Waals surface area (Å²) in [5, 5.41) is 6.25. The molecule has 2 nitrogen and oxygen atoms in total. The van der Waals surface area contributed by atoms with Gasteiger partial charge >= 0.3 is 0 Å². The minimum absolute atomic E-state index is 0.439. The van der Waals surface area contributed by atoms with Gasteiger partial charge in [0.05, 0.1) is 6.61 Å². The summed E-state index contributed by atoms with van der Waals surface area (Å²) in [6.07, 6.45) is 2.33. The van der Waals surface area contributed by atoms with Gasteiger partial charge in [0, 0.05) is 19.7 Å². The van der Waals surface area contributed by atoms with Gasteiger partial charge in [-0.05, 0) is 22.8 Å². The Hall–Kier alpha value is -1.38. The molecule has 2 rings (SSSR count). The van der Waals surface area contributed by atoms with Crippen LogP contribution in [0.4, 0.5) is 0 Å². The fourth-order valence-corrected chi connectivity index (χ4v) is 2.49. The zero-order valence-corrected chi connectivity index (χ0v) is 11.9. The molecule has 0 aliphatic carbocycles. The Morgan fingerprint density at radius 1 is 1.11 bits per heavy atom. The van der Waals surface area contributed by atoms with Crippen molar-refractivity contribution in [1.29, 1.82) is 0 Å². The Balaban J connectivity index is 2.08. The first-order chi connectivity index (χ1) is 9.35. The Morgan fingerprint density at radius 3 is 2.68 bits per heavy atom. The van der Waals surface area contributed by atoms with Gasteiger partial charge in [-0.1, -0.05) is 55.8 Å². The SMILES string of the molecule is CCCC(COC)NCc1cccc2ccccc12. The van der Waals surface area contributed by atoms with Gasteiger partial charge in [-0.15, -0.1) is 0 Å². The molecule has 0 aliphatic rings. The van der Waals surface area contributed by atoms with E-state index in [1.54, 1.807) is 7.11 Å². The van der Waals surface area contributed by atoms with Crippen molar-refractivity contribution < 1.29 is 4.74 Å². The van der Waals surface area contributed by atoms with Gasteiger partial charge in [-0.3, -0.25) is 0 Å². The van der Waals surface area contributed by atoms with Gasteiger partial charge in [-0.25, -0.2) is 0 Å². The van der Waals surface area contributed by atoms with Crippen molar-refractivity contribution >= 4 is 10.8 Å². The summed E-state index contributed by atoms with van der Waals surface area (Å²) in [6.45, 7) is 3.89. The van der Waals surface area contributed by atoms with E-state index in [9.17, 15) is 0 Å². The van der Waals surface area contributed by atoms with Gasteiger partial charge in [0.1, 0.15) is 0 Å². The number of methoxy groups -OCH3 is 1. The lowest BCUT2D eigenvalue weighted by atomic mass is 10.0. The number of nitrogens with one attached hydrogen (secondary N) is 1. The third kappa shape index (κ3) is 3.79. The molecule has 0 heterocycles. The highest BCUT2D eigenvalue weighted by atomic mass is 16.5. The highest BCUT2D eigenvalue weighted by molar-refractivity contribution is 5.85. The van der Waals surface area contributed by atoms with Gasteiger partial charge in [0.25, 0.3) is 0 Å². The maximum Gasteiger partial charge on any atom is 0.0615 e.